The minimum absolute atomic E-state index is 0. The van der Waals surface area contributed by atoms with Gasteiger partial charge in [0.1, 0.15) is 5.69 Å². The number of aromatic nitrogens is 1. The van der Waals surface area contributed by atoms with Gasteiger partial charge in [-0.05, 0) is 30.0 Å². The molecule has 1 N–H and O–H groups in total. The van der Waals surface area contributed by atoms with Crippen LogP contribution in [-0.2, 0) is 9.53 Å². The number of hydrogen-bond acceptors (Lipinski definition) is 4. The lowest BCUT2D eigenvalue weighted by atomic mass is 10.0. The number of aromatic carboxylic acids is 1. The van der Waals surface area contributed by atoms with Crippen LogP contribution in [0.3, 0.4) is 0 Å². The number of pyridine rings is 1. The summed E-state index contributed by atoms with van der Waals surface area (Å²) in [5.74, 6) is -0.725. The molecule has 1 aromatic rings. The summed E-state index contributed by atoms with van der Waals surface area (Å²) in [6.07, 6.45) is 2.43. The number of nitrogens with zero attached hydrogens (tertiary/aromatic N) is 1. The molecule has 0 spiro atoms. The Morgan fingerprint density at radius 2 is 1.86 bits per heavy atom. The fourth-order valence-corrected chi connectivity index (χ4v) is 1.29. The standard InChI is InChI=1S/C9H11NO2.C7H14O2.CH4/c1-6(2)7-3-4-10-8(5-7)9(11)12;1-4-5-9-7(8)6(2)3;/h3-6H,1-2H3,(H,11,12);6H,4-5H2,1-3H3;1H4. The van der Waals surface area contributed by atoms with Crippen LogP contribution >= 0.6 is 0 Å². The first-order valence-corrected chi connectivity index (χ1v) is 7.15. The van der Waals surface area contributed by atoms with Gasteiger partial charge in [0.25, 0.3) is 0 Å². The molecule has 0 aromatic carbocycles. The van der Waals surface area contributed by atoms with E-state index >= 15 is 0 Å². The Kier molecular flexibility index (Phi) is 11.9. The lowest BCUT2D eigenvalue weighted by molar-refractivity contribution is -0.147. The quantitative estimate of drug-likeness (QED) is 0.827. The first-order chi connectivity index (χ1) is 9.79. The zero-order valence-electron chi connectivity index (χ0n) is 13.4. The van der Waals surface area contributed by atoms with Crippen molar-refractivity contribution in [2.45, 2.75) is 54.4 Å². The second-order valence-corrected chi connectivity index (χ2v) is 5.26. The molecule has 22 heavy (non-hydrogen) atoms. The minimum atomic E-state index is -0.975. The lowest BCUT2D eigenvalue weighted by Gasteiger charge is -2.04. The van der Waals surface area contributed by atoms with Crippen molar-refractivity contribution in [3.63, 3.8) is 0 Å². The fourth-order valence-electron chi connectivity index (χ4n) is 1.29. The summed E-state index contributed by atoms with van der Waals surface area (Å²) in [6, 6.07) is 3.43. The van der Waals surface area contributed by atoms with Crippen LogP contribution in [0.15, 0.2) is 18.3 Å². The number of rotatable bonds is 5. The summed E-state index contributed by atoms with van der Waals surface area (Å²) >= 11 is 0. The number of carboxylic acid groups (broad SMARTS) is 1. The summed E-state index contributed by atoms with van der Waals surface area (Å²) in [5.41, 5.74) is 1.11. The molecule has 1 aromatic heterocycles. The number of esters is 1. The SMILES string of the molecule is C.CC(C)c1ccnc(C(=O)O)c1.CCCOC(=O)C(C)C. The average Bonchev–Trinajstić information content (AvgIpc) is 2.45. The van der Waals surface area contributed by atoms with Gasteiger partial charge in [0.2, 0.25) is 0 Å². The molecule has 0 aliphatic carbocycles. The third-order valence-electron chi connectivity index (χ3n) is 2.59. The van der Waals surface area contributed by atoms with Crippen LogP contribution < -0.4 is 0 Å². The van der Waals surface area contributed by atoms with E-state index in [0.29, 0.717) is 12.5 Å². The number of carbonyl (C=O) groups excluding carboxylic acids is 1. The van der Waals surface area contributed by atoms with Crippen LogP contribution in [-0.4, -0.2) is 28.6 Å². The highest BCUT2D eigenvalue weighted by Gasteiger charge is 2.06. The number of carboxylic acids is 1. The highest BCUT2D eigenvalue weighted by Crippen LogP contribution is 2.13. The van der Waals surface area contributed by atoms with E-state index in [4.69, 9.17) is 9.84 Å². The van der Waals surface area contributed by atoms with Crippen molar-refractivity contribution >= 4 is 11.9 Å². The van der Waals surface area contributed by atoms with Gasteiger partial charge >= 0.3 is 11.9 Å². The van der Waals surface area contributed by atoms with Crippen molar-refractivity contribution in [3.8, 4) is 0 Å². The predicted molar refractivity (Wildman–Crippen MR) is 88.1 cm³/mol. The summed E-state index contributed by atoms with van der Waals surface area (Å²) in [6.45, 7) is 10.2. The Bertz CT molecular complexity index is 456. The predicted octanol–water partition coefficient (Wildman–Crippen LogP) is 4.13. The number of carbonyl (C=O) groups is 2. The molecule has 0 saturated heterocycles. The van der Waals surface area contributed by atoms with Gasteiger partial charge < -0.3 is 9.84 Å². The van der Waals surface area contributed by atoms with Crippen molar-refractivity contribution in [1.82, 2.24) is 4.98 Å². The Balaban J connectivity index is 0. The van der Waals surface area contributed by atoms with Crippen LogP contribution in [0.1, 0.15) is 70.4 Å². The van der Waals surface area contributed by atoms with E-state index < -0.39 is 5.97 Å². The molecule has 0 atom stereocenters. The third kappa shape index (κ3) is 9.10. The van der Waals surface area contributed by atoms with E-state index in [1.54, 1.807) is 6.07 Å². The zero-order chi connectivity index (χ0) is 16.4. The van der Waals surface area contributed by atoms with Crippen LogP contribution in [0.5, 0.6) is 0 Å². The Morgan fingerprint density at radius 3 is 2.27 bits per heavy atom. The van der Waals surface area contributed by atoms with Crippen LogP contribution in [0.2, 0.25) is 0 Å². The maximum atomic E-state index is 10.7. The first kappa shape index (κ1) is 22.4. The second kappa shape index (κ2) is 11.7. The third-order valence-corrected chi connectivity index (χ3v) is 2.59. The van der Waals surface area contributed by atoms with E-state index in [1.165, 1.54) is 6.20 Å². The monoisotopic (exact) mass is 311 g/mol. The molecule has 5 heteroatoms. The normalized spacial score (nSPS) is 9.59. The highest BCUT2D eigenvalue weighted by molar-refractivity contribution is 5.85. The molecule has 0 radical (unpaired) electrons. The largest absolute Gasteiger partial charge is 0.477 e. The van der Waals surface area contributed by atoms with Crippen molar-refractivity contribution in [1.29, 1.82) is 0 Å². The van der Waals surface area contributed by atoms with Crippen LogP contribution in [0.4, 0.5) is 0 Å². The molecule has 0 aliphatic heterocycles. The van der Waals surface area contributed by atoms with Gasteiger partial charge in [-0.1, -0.05) is 42.0 Å². The highest BCUT2D eigenvalue weighted by atomic mass is 16.5. The van der Waals surface area contributed by atoms with Gasteiger partial charge in [-0.3, -0.25) is 4.79 Å². The molecule has 0 fully saturated rings. The van der Waals surface area contributed by atoms with E-state index in [2.05, 4.69) is 4.98 Å². The van der Waals surface area contributed by atoms with Gasteiger partial charge in [-0.25, -0.2) is 9.78 Å². The van der Waals surface area contributed by atoms with Gasteiger partial charge in [0.05, 0.1) is 12.5 Å². The van der Waals surface area contributed by atoms with Crippen molar-refractivity contribution in [2.24, 2.45) is 5.92 Å². The number of ether oxygens (including phenoxy) is 1. The second-order valence-electron chi connectivity index (χ2n) is 5.26. The molecule has 1 rings (SSSR count). The molecule has 0 bridgehead atoms. The van der Waals surface area contributed by atoms with E-state index in [0.717, 1.165) is 12.0 Å². The molecule has 0 unspecified atom stereocenters. The summed E-state index contributed by atoms with van der Waals surface area (Å²) in [4.78, 5) is 24.9. The molecular weight excluding hydrogens is 282 g/mol. The summed E-state index contributed by atoms with van der Waals surface area (Å²) in [5, 5.41) is 8.63. The molecule has 126 valence electrons. The Morgan fingerprint density at radius 1 is 1.27 bits per heavy atom. The van der Waals surface area contributed by atoms with Crippen molar-refractivity contribution < 1.29 is 19.4 Å². The van der Waals surface area contributed by atoms with Gasteiger partial charge in [0, 0.05) is 6.20 Å². The molecule has 0 aliphatic rings. The summed E-state index contributed by atoms with van der Waals surface area (Å²) in [7, 11) is 0. The van der Waals surface area contributed by atoms with Crippen LogP contribution in [0.25, 0.3) is 0 Å². The Hall–Kier alpha value is -1.91. The lowest BCUT2D eigenvalue weighted by Crippen LogP contribution is -2.11. The summed E-state index contributed by atoms with van der Waals surface area (Å²) < 4.78 is 4.81. The molecule has 0 amide bonds. The molecule has 5 nitrogen and oxygen atoms in total. The van der Waals surface area contributed by atoms with E-state index in [1.807, 2.05) is 40.7 Å². The number of hydrogen-bond donors (Lipinski definition) is 1. The molecule has 1 heterocycles. The minimum Gasteiger partial charge on any atom is -0.477 e. The zero-order valence-corrected chi connectivity index (χ0v) is 13.4. The Labute approximate surface area is 133 Å². The van der Waals surface area contributed by atoms with Gasteiger partial charge in [-0.2, -0.15) is 0 Å². The molecular formula is C17H29NO4. The maximum Gasteiger partial charge on any atom is 0.354 e. The van der Waals surface area contributed by atoms with Crippen molar-refractivity contribution in [3.05, 3.63) is 29.6 Å². The van der Waals surface area contributed by atoms with Crippen LogP contribution in [0, 0.1) is 5.92 Å². The fraction of sp³-hybridized carbons (Fsp3) is 0.588. The van der Waals surface area contributed by atoms with Gasteiger partial charge in [-0.15, -0.1) is 0 Å². The molecule has 0 saturated carbocycles. The van der Waals surface area contributed by atoms with E-state index in [-0.39, 0.29) is 25.0 Å². The maximum absolute atomic E-state index is 10.7. The topological polar surface area (TPSA) is 76.5 Å². The van der Waals surface area contributed by atoms with E-state index in [9.17, 15) is 9.59 Å². The smallest absolute Gasteiger partial charge is 0.354 e. The van der Waals surface area contributed by atoms with Gasteiger partial charge in [0.15, 0.2) is 0 Å². The average molecular weight is 311 g/mol. The van der Waals surface area contributed by atoms with Crippen molar-refractivity contribution in [2.75, 3.05) is 6.61 Å². The first-order valence-electron chi connectivity index (χ1n) is 7.15.